The van der Waals surface area contributed by atoms with Crippen molar-refractivity contribution < 1.29 is 13.9 Å². The highest BCUT2D eigenvalue weighted by Crippen LogP contribution is 2.30. The molecule has 0 fully saturated rings. The molecule has 0 aliphatic heterocycles. The van der Waals surface area contributed by atoms with Crippen LogP contribution in [0.3, 0.4) is 0 Å². The van der Waals surface area contributed by atoms with Gasteiger partial charge in [-0.05, 0) is 29.2 Å². The van der Waals surface area contributed by atoms with E-state index in [4.69, 9.17) is 4.74 Å². The molecule has 17 heavy (non-hydrogen) atoms. The number of rotatable bonds is 3. The zero-order valence-corrected chi connectivity index (χ0v) is 10.6. The summed E-state index contributed by atoms with van der Waals surface area (Å²) < 4.78 is 18.0. The van der Waals surface area contributed by atoms with Gasteiger partial charge in [0.05, 0.1) is 0 Å². The first-order valence-electron chi connectivity index (χ1n) is 5.43. The first-order valence-corrected chi connectivity index (χ1v) is 5.43. The van der Waals surface area contributed by atoms with Crippen molar-refractivity contribution in [3.8, 4) is 0 Å². The molecule has 1 N–H and O–H groups in total. The number of methoxy groups -OCH3 is 1. The Kier molecular flexibility index (Phi) is 4.23. The van der Waals surface area contributed by atoms with Gasteiger partial charge in [0.1, 0.15) is 12.4 Å². The van der Waals surface area contributed by atoms with E-state index in [2.05, 4.69) is 5.32 Å². The van der Waals surface area contributed by atoms with Gasteiger partial charge in [0.25, 0.3) is 0 Å². The zero-order valence-electron chi connectivity index (χ0n) is 10.6. The fourth-order valence-electron chi connectivity index (χ4n) is 1.56. The quantitative estimate of drug-likeness (QED) is 0.880. The van der Waals surface area contributed by atoms with Crippen LogP contribution < -0.4 is 5.32 Å². The maximum atomic E-state index is 13.2. The predicted molar refractivity (Wildman–Crippen MR) is 65.6 cm³/mol. The lowest BCUT2D eigenvalue weighted by Crippen LogP contribution is -2.21. The number of halogens is 1. The van der Waals surface area contributed by atoms with E-state index in [0.717, 1.165) is 5.56 Å². The third-order valence-electron chi connectivity index (χ3n) is 2.34. The van der Waals surface area contributed by atoms with Crippen molar-refractivity contribution >= 4 is 11.6 Å². The van der Waals surface area contributed by atoms with Crippen LogP contribution in [0, 0.1) is 5.82 Å². The number of hydrogen-bond acceptors (Lipinski definition) is 2. The molecule has 0 aliphatic carbocycles. The van der Waals surface area contributed by atoms with Gasteiger partial charge in [-0.3, -0.25) is 4.79 Å². The Labute approximate surface area is 101 Å². The number of benzene rings is 1. The van der Waals surface area contributed by atoms with Crippen LogP contribution >= 0.6 is 0 Å². The fraction of sp³-hybridized carbons (Fsp3) is 0.462. The molecular formula is C13H18FNO2. The first-order chi connectivity index (χ1) is 7.84. The highest BCUT2D eigenvalue weighted by Gasteiger charge is 2.19. The van der Waals surface area contributed by atoms with Crippen molar-refractivity contribution in [1.29, 1.82) is 0 Å². The second-order valence-corrected chi connectivity index (χ2v) is 4.92. The molecule has 0 saturated heterocycles. The van der Waals surface area contributed by atoms with Gasteiger partial charge in [-0.2, -0.15) is 0 Å². The van der Waals surface area contributed by atoms with E-state index in [9.17, 15) is 9.18 Å². The molecular weight excluding hydrogens is 221 g/mol. The summed E-state index contributed by atoms with van der Waals surface area (Å²) in [4.78, 5) is 11.4. The molecule has 0 bridgehead atoms. The molecule has 1 rings (SSSR count). The van der Waals surface area contributed by atoms with Gasteiger partial charge < -0.3 is 10.1 Å². The Hall–Kier alpha value is -1.42. The SMILES string of the molecule is COCC(=O)Nc1ccc(F)cc1C(C)(C)C. The van der Waals surface area contributed by atoms with Gasteiger partial charge in [0.15, 0.2) is 0 Å². The molecule has 0 spiro atoms. The molecule has 0 radical (unpaired) electrons. The van der Waals surface area contributed by atoms with Gasteiger partial charge >= 0.3 is 0 Å². The summed E-state index contributed by atoms with van der Waals surface area (Å²) in [6, 6.07) is 4.35. The van der Waals surface area contributed by atoms with Gasteiger partial charge in [0, 0.05) is 12.8 Å². The molecule has 1 aromatic carbocycles. The molecule has 0 atom stereocenters. The van der Waals surface area contributed by atoms with E-state index in [1.165, 1.54) is 19.2 Å². The van der Waals surface area contributed by atoms with Crippen molar-refractivity contribution in [2.45, 2.75) is 26.2 Å². The Balaban J connectivity index is 3.03. The average molecular weight is 239 g/mol. The minimum atomic E-state index is -0.306. The monoisotopic (exact) mass is 239 g/mol. The highest BCUT2D eigenvalue weighted by atomic mass is 19.1. The van der Waals surface area contributed by atoms with Crippen molar-refractivity contribution in [2.75, 3.05) is 19.0 Å². The largest absolute Gasteiger partial charge is 0.375 e. The average Bonchev–Trinajstić information content (AvgIpc) is 2.19. The number of carbonyl (C=O) groups excluding carboxylic acids is 1. The number of carbonyl (C=O) groups is 1. The summed E-state index contributed by atoms with van der Waals surface area (Å²) in [6.07, 6.45) is 0. The third kappa shape index (κ3) is 3.82. The van der Waals surface area contributed by atoms with Crippen LogP contribution in [-0.2, 0) is 14.9 Å². The Bertz CT molecular complexity index is 410. The van der Waals surface area contributed by atoms with Gasteiger partial charge in [-0.1, -0.05) is 20.8 Å². The van der Waals surface area contributed by atoms with Crippen molar-refractivity contribution in [3.05, 3.63) is 29.6 Å². The third-order valence-corrected chi connectivity index (χ3v) is 2.34. The molecule has 0 aliphatic rings. The van der Waals surface area contributed by atoms with Crippen LogP contribution in [0.4, 0.5) is 10.1 Å². The lowest BCUT2D eigenvalue weighted by Gasteiger charge is -2.23. The van der Waals surface area contributed by atoms with E-state index in [1.54, 1.807) is 6.07 Å². The van der Waals surface area contributed by atoms with Crippen LogP contribution in [0.1, 0.15) is 26.3 Å². The molecule has 4 heteroatoms. The molecule has 0 heterocycles. The summed E-state index contributed by atoms with van der Waals surface area (Å²) in [5, 5.41) is 2.71. The predicted octanol–water partition coefficient (Wildman–Crippen LogP) is 2.71. The summed E-state index contributed by atoms with van der Waals surface area (Å²) in [5.74, 6) is -0.552. The van der Waals surface area contributed by atoms with Gasteiger partial charge in [-0.25, -0.2) is 4.39 Å². The molecule has 1 aromatic rings. The number of anilines is 1. The lowest BCUT2D eigenvalue weighted by atomic mass is 9.85. The Morgan fingerprint density at radius 1 is 1.41 bits per heavy atom. The summed E-state index contributed by atoms with van der Waals surface area (Å²) in [7, 11) is 1.45. The number of ether oxygens (including phenoxy) is 1. The number of hydrogen-bond donors (Lipinski definition) is 1. The van der Waals surface area contributed by atoms with Crippen LogP contribution in [0.25, 0.3) is 0 Å². The standard InChI is InChI=1S/C13H18FNO2/c1-13(2,3)10-7-9(14)5-6-11(10)15-12(16)8-17-4/h5-7H,8H2,1-4H3,(H,15,16). The second-order valence-electron chi connectivity index (χ2n) is 4.92. The van der Waals surface area contributed by atoms with Crippen LogP contribution in [0.5, 0.6) is 0 Å². The smallest absolute Gasteiger partial charge is 0.250 e. The van der Waals surface area contributed by atoms with E-state index in [1.807, 2.05) is 20.8 Å². The van der Waals surface area contributed by atoms with E-state index in [0.29, 0.717) is 5.69 Å². The van der Waals surface area contributed by atoms with E-state index < -0.39 is 0 Å². The zero-order chi connectivity index (χ0) is 13.1. The van der Waals surface area contributed by atoms with Crippen molar-refractivity contribution in [1.82, 2.24) is 0 Å². The summed E-state index contributed by atoms with van der Waals surface area (Å²) in [5.41, 5.74) is 1.15. The molecule has 94 valence electrons. The molecule has 1 amide bonds. The van der Waals surface area contributed by atoms with Crippen LogP contribution in [0.15, 0.2) is 18.2 Å². The molecule has 0 saturated carbocycles. The van der Waals surface area contributed by atoms with E-state index >= 15 is 0 Å². The minimum absolute atomic E-state index is 0.0129. The van der Waals surface area contributed by atoms with Crippen molar-refractivity contribution in [3.63, 3.8) is 0 Å². The Morgan fingerprint density at radius 2 is 2.06 bits per heavy atom. The highest BCUT2D eigenvalue weighted by molar-refractivity contribution is 5.92. The Morgan fingerprint density at radius 3 is 2.59 bits per heavy atom. The van der Waals surface area contributed by atoms with Crippen LogP contribution in [-0.4, -0.2) is 19.6 Å². The molecule has 0 aromatic heterocycles. The second kappa shape index (κ2) is 5.27. The number of amides is 1. The summed E-state index contributed by atoms with van der Waals surface area (Å²) in [6.45, 7) is 5.89. The maximum absolute atomic E-state index is 13.2. The van der Waals surface area contributed by atoms with Crippen molar-refractivity contribution in [2.24, 2.45) is 0 Å². The first kappa shape index (κ1) is 13.6. The molecule has 0 unspecified atom stereocenters. The summed E-state index contributed by atoms with van der Waals surface area (Å²) >= 11 is 0. The van der Waals surface area contributed by atoms with Gasteiger partial charge in [-0.15, -0.1) is 0 Å². The van der Waals surface area contributed by atoms with Crippen LogP contribution in [0.2, 0.25) is 0 Å². The fourth-order valence-corrected chi connectivity index (χ4v) is 1.56. The lowest BCUT2D eigenvalue weighted by molar-refractivity contribution is -0.119. The van der Waals surface area contributed by atoms with E-state index in [-0.39, 0.29) is 23.7 Å². The topological polar surface area (TPSA) is 38.3 Å². The minimum Gasteiger partial charge on any atom is -0.375 e. The molecule has 3 nitrogen and oxygen atoms in total. The number of nitrogens with one attached hydrogen (secondary N) is 1. The van der Waals surface area contributed by atoms with Gasteiger partial charge in [0.2, 0.25) is 5.91 Å². The maximum Gasteiger partial charge on any atom is 0.250 e. The normalized spacial score (nSPS) is 11.4.